The topological polar surface area (TPSA) is 20.2 Å². The quantitative estimate of drug-likeness (QED) is 0.608. The standard InChI is InChI=1S/C10H7BrF2O/c11-4-2-1-3-7-5-8(12)9(13)6-10(7)14/h5-6,14H,2,4H2. The van der Waals surface area contributed by atoms with Gasteiger partial charge in [-0.25, -0.2) is 8.78 Å². The molecule has 74 valence electrons. The molecule has 0 unspecified atom stereocenters. The third-order valence-electron chi connectivity index (χ3n) is 1.48. The van der Waals surface area contributed by atoms with E-state index in [0.29, 0.717) is 17.8 Å². The number of aromatic hydroxyl groups is 1. The normalized spacial score (nSPS) is 9.36. The Bertz CT molecular complexity index is 393. The molecule has 0 aromatic heterocycles. The van der Waals surface area contributed by atoms with Gasteiger partial charge in [0.05, 0.1) is 5.56 Å². The highest BCUT2D eigenvalue weighted by Crippen LogP contribution is 2.19. The van der Waals surface area contributed by atoms with Crippen molar-refractivity contribution in [1.82, 2.24) is 0 Å². The minimum Gasteiger partial charge on any atom is -0.507 e. The van der Waals surface area contributed by atoms with Crippen molar-refractivity contribution in [2.45, 2.75) is 6.42 Å². The summed E-state index contributed by atoms with van der Waals surface area (Å²) < 4.78 is 25.3. The van der Waals surface area contributed by atoms with E-state index in [1.807, 2.05) is 0 Å². The van der Waals surface area contributed by atoms with Gasteiger partial charge in [0.1, 0.15) is 5.75 Å². The van der Waals surface area contributed by atoms with Gasteiger partial charge in [0.2, 0.25) is 0 Å². The lowest BCUT2D eigenvalue weighted by molar-refractivity contribution is 0.453. The van der Waals surface area contributed by atoms with Crippen LogP contribution in [0.2, 0.25) is 0 Å². The zero-order chi connectivity index (χ0) is 10.6. The summed E-state index contributed by atoms with van der Waals surface area (Å²) in [4.78, 5) is 0. The Morgan fingerprint density at radius 2 is 1.93 bits per heavy atom. The van der Waals surface area contributed by atoms with E-state index >= 15 is 0 Å². The first-order valence-corrected chi connectivity index (χ1v) is 5.00. The number of phenols is 1. The van der Waals surface area contributed by atoms with Crippen LogP contribution in [0.4, 0.5) is 8.78 Å². The van der Waals surface area contributed by atoms with E-state index in [1.165, 1.54) is 0 Å². The van der Waals surface area contributed by atoms with Gasteiger partial charge < -0.3 is 5.11 Å². The Hall–Kier alpha value is -1.08. The average molecular weight is 261 g/mol. The van der Waals surface area contributed by atoms with E-state index in [1.54, 1.807) is 0 Å². The number of hydrogen-bond acceptors (Lipinski definition) is 1. The van der Waals surface area contributed by atoms with Crippen molar-refractivity contribution in [2.75, 3.05) is 5.33 Å². The molecular formula is C10H7BrF2O. The Kier molecular flexibility index (Phi) is 3.90. The second-order valence-corrected chi connectivity index (χ2v) is 3.32. The highest BCUT2D eigenvalue weighted by molar-refractivity contribution is 9.09. The maximum absolute atomic E-state index is 12.7. The third kappa shape index (κ3) is 2.71. The first-order valence-electron chi connectivity index (χ1n) is 3.88. The molecule has 0 heterocycles. The SMILES string of the molecule is Oc1cc(F)c(F)cc1C#CCCBr. The largest absolute Gasteiger partial charge is 0.507 e. The van der Waals surface area contributed by atoms with Crippen LogP contribution in [0.5, 0.6) is 5.75 Å². The molecule has 1 nitrogen and oxygen atoms in total. The molecule has 0 aliphatic heterocycles. The smallest absolute Gasteiger partial charge is 0.162 e. The molecule has 0 saturated heterocycles. The summed E-state index contributed by atoms with van der Waals surface area (Å²) in [5.74, 6) is 2.81. The molecule has 1 N–H and O–H groups in total. The summed E-state index contributed by atoms with van der Waals surface area (Å²) in [5, 5.41) is 9.89. The molecule has 0 bridgehead atoms. The van der Waals surface area contributed by atoms with Gasteiger partial charge >= 0.3 is 0 Å². The summed E-state index contributed by atoms with van der Waals surface area (Å²) in [6.07, 6.45) is 0.582. The van der Waals surface area contributed by atoms with Crippen LogP contribution in [0, 0.1) is 23.5 Å². The third-order valence-corrected chi connectivity index (χ3v) is 1.88. The summed E-state index contributed by atoms with van der Waals surface area (Å²) in [7, 11) is 0. The molecule has 4 heteroatoms. The van der Waals surface area contributed by atoms with Crippen LogP contribution in [0.25, 0.3) is 0 Å². The molecule has 0 atom stereocenters. The van der Waals surface area contributed by atoms with E-state index in [-0.39, 0.29) is 11.3 Å². The molecule has 0 spiro atoms. The van der Waals surface area contributed by atoms with Crippen molar-refractivity contribution in [3.63, 3.8) is 0 Å². The van der Waals surface area contributed by atoms with Crippen LogP contribution < -0.4 is 0 Å². The zero-order valence-corrected chi connectivity index (χ0v) is 8.74. The molecule has 0 amide bonds. The van der Waals surface area contributed by atoms with E-state index in [4.69, 9.17) is 0 Å². The zero-order valence-electron chi connectivity index (χ0n) is 7.15. The maximum Gasteiger partial charge on any atom is 0.162 e. The fourth-order valence-electron chi connectivity index (χ4n) is 0.841. The average Bonchev–Trinajstić information content (AvgIpc) is 2.14. The second-order valence-electron chi connectivity index (χ2n) is 2.52. The van der Waals surface area contributed by atoms with Crippen molar-refractivity contribution in [3.8, 4) is 17.6 Å². The molecule has 1 aromatic rings. The van der Waals surface area contributed by atoms with Crippen LogP contribution >= 0.6 is 15.9 Å². The van der Waals surface area contributed by atoms with Crippen molar-refractivity contribution in [1.29, 1.82) is 0 Å². The van der Waals surface area contributed by atoms with Crippen LogP contribution in [0.15, 0.2) is 12.1 Å². The summed E-state index contributed by atoms with van der Waals surface area (Å²) in [5.41, 5.74) is 0.102. The van der Waals surface area contributed by atoms with Crippen LogP contribution in [-0.4, -0.2) is 10.4 Å². The summed E-state index contributed by atoms with van der Waals surface area (Å²) in [6.45, 7) is 0. The van der Waals surface area contributed by atoms with Gasteiger partial charge in [0.15, 0.2) is 11.6 Å². The van der Waals surface area contributed by atoms with Gasteiger partial charge in [-0.1, -0.05) is 27.8 Å². The monoisotopic (exact) mass is 260 g/mol. The first kappa shape index (κ1) is 11.0. The number of phenolic OH excluding ortho intramolecular Hbond substituents is 1. The molecule has 0 aliphatic carbocycles. The predicted octanol–water partition coefficient (Wildman–Crippen LogP) is 2.81. The Morgan fingerprint density at radius 3 is 2.57 bits per heavy atom. The number of rotatable bonds is 1. The molecule has 0 saturated carbocycles. The molecule has 14 heavy (non-hydrogen) atoms. The van der Waals surface area contributed by atoms with Crippen LogP contribution in [-0.2, 0) is 0 Å². The lowest BCUT2D eigenvalue weighted by Gasteiger charge is -1.97. The van der Waals surface area contributed by atoms with E-state index in [0.717, 1.165) is 6.07 Å². The fourth-order valence-corrected chi connectivity index (χ4v) is 1.04. The van der Waals surface area contributed by atoms with Gasteiger partial charge in [-0.05, 0) is 6.07 Å². The van der Waals surface area contributed by atoms with Crippen molar-refractivity contribution < 1.29 is 13.9 Å². The number of alkyl halides is 1. The Labute approximate surface area is 88.9 Å². The van der Waals surface area contributed by atoms with Gasteiger partial charge in [-0.15, -0.1) is 0 Å². The minimum atomic E-state index is -1.08. The van der Waals surface area contributed by atoms with Crippen LogP contribution in [0.1, 0.15) is 12.0 Å². The fraction of sp³-hybridized carbons (Fsp3) is 0.200. The van der Waals surface area contributed by atoms with E-state index in [2.05, 4.69) is 27.8 Å². The van der Waals surface area contributed by atoms with Gasteiger partial charge in [-0.2, -0.15) is 0 Å². The molecule has 0 aliphatic rings. The maximum atomic E-state index is 12.7. The molecule has 1 aromatic carbocycles. The van der Waals surface area contributed by atoms with Gasteiger partial charge in [0, 0.05) is 17.8 Å². The van der Waals surface area contributed by atoms with Crippen molar-refractivity contribution >= 4 is 15.9 Å². The predicted molar refractivity (Wildman–Crippen MR) is 53.3 cm³/mol. The Morgan fingerprint density at radius 1 is 1.29 bits per heavy atom. The Balaban J connectivity index is 3.00. The lowest BCUT2D eigenvalue weighted by Crippen LogP contribution is -1.86. The molecule has 1 rings (SSSR count). The van der Waals surface area contributed by atoms with Gasteiger partial charge in [0.25, 0.3) is 0 Å². The summed E-state index contributed by atoms with van der Waals surface area (Å²) >= 11 is 3.17. The second kappa shape index (κ2) is 4.97. The van der Waals surface area contributed by atoms with Crippen molar-refractivity contribution in [2.24, 2.45) is 0 Å². The highest BCUT2D eigenvalue weighted by Gasteiger charge is 2.06. The van der Waals surface area contributed by atoms with Crippen LogP contribution in [0.3, 0.4) is 0 Å². The highest BCUT2D eigenvalue weighted by atomic mass is 79.9. The van der Waals surface area contributed by atoms with Crippen molar-refractivity contribution in [3.05, 3.63) is 29.3 Å². The first-order chi connectivity index (χ1) is 6.65. The number of benzene rings is 1. The van der Waals surface area contributed by atoms with E-state index < -0.39 is 11.6 Å². The number of halogens is 3. The van der Waals surface area contributed by atoms with E-state index in [9.17, 15) is 13.9 Å². The summed E-state index contributed by atoms with van der Waals surface area (Å²) in [6, 6.07) is 1.60. The number of hydrogen-bond donors (Lipinski definition) is 1. The lowest BCUT2D eigenvalue weighted by atomic mass is 10.2. The molecule has 0 radical (unpaired) electrons. The molecular weight excluding hydrogens is 254 g/mol. The molecule has 0 fully saturated rings. The minimum absolute atomic E-state index is 0.102. The van der Waals surface area contributed by atoms with Gasteiger partial charge in [-0.3, -0.25) is 0 Å².